The zero-order valence-corrected chi connectivity index (χ0v) is 28.0. The Labute approximate surface area is 265 Å². The highest BCUT2D eigenvalue weighted by molar-refractivity contribution is 9.10. The van der Waals surface area contributed by atoms with E-state index >= 15 is 0 Å². The van der Waals surface area contributed by atoms with E-state index in [4.69, 9.17) is 18.9 Å². The monoisotopic (exact) mass is 656 g/mol. The van der Waals surface area contributed by atoms with E-state index in [0.717, 1.165) is 88.9 Å². The third-order valence-electron chi connectivity index (χ3n) is 7.69. The molecule has 0 fully saturated rings. The number of esters is 2. The lowest BCUT2D eigenvalue weighted by Crippen LogP contribution is -2.25. The summed E-state index contributed by atoms with van der Waals surface area (Å²) < 4.78 is 25.4. The van der Waals surface area contributed by atoms with Crippen LogP contribution in [0.25, 0.3) is 21.5 Å². The molecule has 0 spiro atoms. The van der Waals surface area contributed by atoms with E-state index in [9.17, 15) is 9.59 Å². The second kappa shape index (κ2) is 18.8. The number of halogens is 1. The second-order valence-corrected chi connectivity index (χ2v) is 12.1. The van der Waals surface area contributed by atoms with Crippen LogP contribution in [-0.2, 0) is 19.1 Å². The molecule has 0 saturated carbocycles. The number of carbonyl (C=O) groups excluding carboxylic acids is 2. The predicted molar refractivity (Wildman–Crippen MR) is 178 cm³/mol. The molecule has 0 heterocycles. The van der Waals surface area contributed by atoms with Gasteiger partial charge >= 0.3 is 11.9 Å². The normalized spacial score (nSPS) is 12.7. The minimum Gasteiger partial charge on any atom is -0.488 e. The van der Waals surface area contributed by atoms with Crippen LogP contribution in [0.1, 0.15) is 105 Å². The fraction of sp³-hybridized carbons (Fsp3) is 0.556. The van der Waals surface area contributed by atoms with Crippen LogP contribution in [0.15, 0.2) is 46.9 Å². The lowest BCUT2D eigenvalue weighted by Gasteiger charge is -2.22. The van der Waals surface area contributed by atoms with Gasteiger partial charge in [-0.2, -0.15) is 0 Å². The van der Waals surface area contributed by atoms with Crippen molar-refractivity contribution in [3.63, 3.8) is 0 Å². The van der Waals surface area contributed by atoms with Crippen molar-refractivity contribution >= 4 is 49.4 Å². The molecule has 7 heteroatoms. The Hall–Kier alpha value is -2.80. The number of hydrogen-bond acceptors (Lipinski definition) is 6. The smallest absolute Gasteiger partial charge is 0.306 e. The van der Waals surface area contributed by atoms with Crippen molar-refractivity contribution in [3.8, 4) is 11.5 Å². The third-order valence-corrected chi connectivity index (χ3v) is 8.18. The standard InChI is InChI=1S/C36H49BrO6/c1-5-9-11-13-19-33(38)42-27(7-3)24-40-35-29-17-15-16-18-30(29)36(32-23-26(37)21-22-31(32)35)41-25-28(8-4)43-34(39)20-14-12-10-6-2/h15-18,21-23,27-28H,5-14,19-20,24-25H2,1-4H3. The Morgan fingerprint density at radius 2 is 1.09 bits per heavy atom. The second-order valence-electron chi connectivity index (χ2n) is 11.2. The third kappa shape index (κ3) is 10.7. The number of carbonyl (C=O) groups is 2. The molecule has 0 bridgehead atoms. The molecule has 0 N–H and O–H groups in total. The fourth-order valence-electron chi connectivity index (χ4n) is 5.09. The van der Waals surface area contributed by atoms with Crippen molar-refractivity contribution in [1.82, 2.24) is 0 Å². The minimum atomic E-state index is -0.336. The van der Waals surface area contributed by atoms with Crippen LogP contribution in [-0.4, -0.2) is 37.4 Å². The Kier molecular flexibility index (Phi) is 15.1. The molecule has 0 aliphatic heterocycles. The highest BCUT2D eigenvalue weighted by Crippen LogP contribution is 2.44. The maximum atomic E-state index is 12.5. The lowest BCUT2D eigenvalue weighted by atomic mass is 10.0. The summed E-state index contributed by atoms with van der Waals surface area (Å²) in [6.07, 6.45) is 9.86. The van der Waals surface area contributed by atoms with Gasteiger partial charge < -0.3 is 18.9 Å². The van der Waals surface area contributed by atoms with Crippen molar-refractivity contribution < 1.29 is 28.5 Å². The molecule has 3 aromatic carbocycles. The van der Waals surface area contributed by atoms with Crippen LogP contribution < -0.4 is 9.47 Å². The van der Waals surface area contributed by atoms with Crippen LogP contribution in [0, 0.1) is 0 Å². The number of ether oxygens (including phenoxy) is 4. The maximum Gasteiger partial charge on any atom is 0.306 e. The molecule has 0 radical (unpaired) electrons. The minimum absolute atomic E-state index is 0.166. The van der Waals surface area contributed by atoms with Crippen molar-refractivity contribution in [3.05, 3.63) is 46.9 Å². The number of unbranched alkanes of at least 4 members (excludes halogenated alkanes) is 6. The number of hydrogen-bond donors (Lipinski definition) is 0. The Bertz CT molecular complexity index is 1310. The summed E-state index contributed by atoms with van der Waals surface area (Å²) in [6, 6.07) is 14.0. The summed E-state index contributed by atoms with van der Waals surface area (Å²) in [6.45, 7) is 8.84. The summed E-state index contributed by atoms with van der Waals surface area (Å²) in [7, 11) is 0. The molecule has 6 nitrogen and oxygen atoms in total. The Morgan fingerprint density at radius 1 is 0.628 bits per heavy atom. The summed E-state index contributed by atoms with van der Waals surface area (Å²) in [5.41, 5.74) is 0. The van der Waals surface area contributed by atoms with E-state index in [1.807, 2.05) is 56.3 Å². The van der Waals surface area contributed by atoms with Gasteiger partial charge in [0.2, 0.25) is 0 Å². The SMILES string of the molecule is CCCCCCC(=O)OC(CC)COc1c2ccccc2c(OCC(CC)OC(=O)CCCCCC)c2cc(Br)ccc12. The van der Waals surface area contributed by atoms with Crippen molar-refractivity contribution in [1.29, 1.82) is 0 Å². The van der Waals surface area contributed by atoms with Gasteiger partial charge in [0.15, 0.2) is 0 Å². The molecule has 0 aliphatic carbocycles. The molecule has 0 saturated heterocycles. The average Bonchev–Trinajstić information content (AvgIpc) is 3.01. The Balaban J connectivity index is 1.81. The van der Waals surface area contributed by atoms with Crippen LogP contribution in [0.5, 0.6) is 11.5 Å². The lowest BCUT2D eigenvalue weighted by molar-refractivity contribution is -0.151. The first-order chi connectivity index (χ1) is 20.9. The van der Waals surface area contributed by atoms with Gasteiger partial charge in [-0.3, -0.25) is 9.59 Å². The van der Waals surface area contributed by atoms with Gasteiger partial charge in [0.05, 0.1) is 0 Å². The van der Waals surface area contributed by atoms with Gasteiger partial charge in [-0.05, 0) is 43.9 Å². The predicted octanol–water partition coefficient (Wildman–Crippen LogP) is 10.1. The van der Waals surface area contributed by atoms with Crippen LogP contribution in [0.3, 0.4) is 0 Å². The summed E-state index contributed by atoms with van der Waals surface area (Å²) in [5.74, 6) is 1.12. The molecule has 0 amide bonds. The highest BCUT2D eigenvalue weighted by Gasteiger charge is 2.21. The first-order valence-corrected chi connectivity index (χ1v) is 17.0. The first-order valence-electron chi connectivity index (χ1n) is 16.2. The van der Waals surface area contributed by atoms with Crippen LogP contribution >= 0.6 is 15.9 Å². The summed E-state index contributed by atoms with van der Waals surface area (Å²) in [5, 5.41) is 3.61. The van der Waals surface area contributed by atoms with E-state index in [1.54, 1.807) is 0 Å². The van der Waals surface area contributed by atoms with Gasteiger partial charge in [-0.25, -0.2) is 0 Å². The maximum absolute atomic E-state index is 12.5. The first kappa shape index (κ1) is 34.7. The van der Waals surface area contributed by atoms with E-state index < -0.39 is 0 Å². The number of fused-ring (bicyclic) bond motifs is 2. The summed E-state index contributed by atoms with van der Waals surface area (Å²) in [4.78, 5) is 24.9. The zero-order valence-electron chi connectivity index (χ0n) is 26.4. The van der Waals surface area contributed by atoms with Gasteiger partial charge in [0.25, 0.3) is 0 Å². The summed E-state index contributed by atoms with van der Waals surface area (Å²) >= 11 is 3.62. The molecule has 0 aromatic heterocycles. The molecular formula is C36H49BrO6. The fourth-order valence-corrected chi connectivity index (χ4v) is 5.45. The zero-order chi connectivity index (χ0) is 31.0. The molecule has 0 aliphatic rings. The topological polar surface area (TPSA) is 71.1 Å². The van der Waals surface area contributed by atoms with Gasteiger partial charge in [-0.15, -0.1) is 0 Å². The van der Waals surface area contributed by atoms with Crippen molar-refractivity contribution in [2.45, 2.75) is 117 Å². The molecule has 43 heavy (non-hydrogen) atoms. The highest BCUT2D eigenvalue weighted by atomic mass is 79.9. The Morgan fingerprint density at radius 3 is 1.56 bits per heavy atom. The van der Waals surface area contributed by atoms with Gasteiger partial charge in [-0.1, -0.05) is 106 Å². The molecule has 3 aromatic rings. The van der Waals surface area contributed by atoms with Gasteiger partial charge in [0, 0.05) is 38.9 Å². The van der Waals surface area contributed by atoms with E-state index in [1.165, 1.54) is 0 Å². The molecule has 2 unspecified atom stereocenters. The molecular weight excluding hydrogens is 608 g/mol. The number of benzene rings is 3. The van der Waals surface area contributed by atoms with Gasteiger partial charge in [0.1, 0.15) is 36.9 Å². The molecule has 236 valence electrons. The molecule has 3 rings (SSSR count). The van der Waals surface area contributed by atoms with E-state index in [0.29, 0.717) is 25.7 Å². The van der Waals surface area contributed by atoms with Crippen molar-refractivity contribution in [2.24, 2.45) is 0 Å². The number of rotatable bonds is 20. The van der Waals surface area contributed by atoms with E-state index in [2.05, 4.69) is 29.8 Å². The van der Waals surface area contributed by atoms with Crippen LogP contribution in [0.4, 0.5) is 0 Å². The quantitative estimate of drug-likeness (QED) is 0.0684. The van der Waals surface area contributed by atoms with Crippen LogP contribution in [0.2, 0.25) is 0 Å². The van der Waals surface area contributed by atoms with Crippen molar-refractivity contribution in [2.75, 3.05) is 13.2 Å². The molecule has 2 atom stereocenters. The largest absolute Gasteiger partial charge is 0.488 e. The van der Waals surface area contributed by atoms with E-state index in [-0.39, 0.29) is 37.4 Å². The average molecular weight is 658 g/mol.